The summed E-state index contributed by atoms with van der Waals surface area (Å²) in [6, 6.07) is 7.04. The molecular weight excluding hydrogens is 244 g/mol. The number of rotatable bonds is 4. The largest absolute Gasteiger partial charge is 0.399 e. The van der Waals surface area contributed by atoms with Gasteiger partial charge in [0.2, 0.25) is 0 Å². The van der Waals surface area contributed by atoms with Crippen LogP contribution in [0.4, 0.5) is 11.4 Å². The highest BCUT2D eigenvalue weighted by molar-refractivity contribution is 5.94. The van der Waals surface area contributed by atoms with E-state index in [2.05, 4.69) is 5.32 Å². The molecule has 1 unspecified atom stereocenters. The monoisotopic (exact) mass is 264 g/mol. The van der Waals surface area contributed by atoms with E-state index in [1.807, 2.05) is 0 Å². The van der Waals surface area contributed by atoms with E-state index in [1.54, 1.807) is 31.2 Å². The summed E-state index contributed by atoms with van der Waals surface area (Å²) in [6.07, 6.45) is 1.33. The van der Waals surface area contributed by atoms with Gasteiger partial charge in [-0.3, -0.25) is 4.79 Å². The number of carbonyl (C=O) groups excluding carboxylic acids is 1. The Hall–Kier alpha value is -1.59. The molecule has 0 radical (unpaired) electrons. The van der Waals surface area contributed by atoms with Crippen LogP contribution in [0, 0.1) is 0 Å². The molecule has 1 aromatic rings. The number of nitrogens with two attached hydrogens (primary N) is 1. The van der Waals surface area contributed by atoms with E-state index in [1.165, 1.54) is 0 Å². The predicted octanol–water partition coefficient (Wildman–Crippen LogP) is 1.79. The van der Waals surface area contributed by atoms with E-state index < -0.39 is 6.10 Å². The summed E-state index contributed by atoms with van der Waals surface area (Å²) < 4.78 is 11.0. The normalized spacial score (nSPS) is 17.9. The Morgan fingerprint density at radius 2 is 2.00 bits per heavy atom. The average Bonchev–Trinajstić information content (AvgIpc) is 2.42. The molecule has 1 aromatic carbocycles. The third-order valence-corrected chi connectivity index (χ3v) is 3.11. The summed E-state index contributed by atoms with van der Waals surface area (Å²) in [5, 5.41) is 2.81. The van der Waals surface area contributed by atoms with Gasteiger partial charge in [-0.2, -0.15) is 0 Å². The minimum Gasteiger partial charge on any atom is -0.399 e. The van der Waals surface area contributed by atoms with Crippen LogP contribution in [0.15, 0.2) is 24.3 Å². The van der Waals surface area contributed by atoms with E-state index in [0.29, 0.717) is 18.9 Å². The fourth-order valence-electron chi connectivity index (χ4n) is 1.97. The molecule has 1 amide bonds. The van der Waals surface area contributed by atoms with Crippen LogP contribution < -0.4 is 11.1 Å². The number of hydrogen-bond donors (Lipinski definition) is 2. The van der Waals surface area contributed by atoms with Crippen molar-refractivity contribution in [2.75, 3.05) is 24.3 Å². The Labute approximate surface area is 113 Å². The molecule has 1 atom stereocenters. The molecule has 0 spiro atoms. The van der Waals surface area contributed by atoms with Crippen LogP contribution in [0.2, 0.25) is 0 Å². The lowest BCUT2D eigenvalue weighted by molar-refractivity contribution is -0.133. The predicted molar refractivity (Wildman–Crippen MR) is 73.9 cm³/mol. The second-order valence-corrected chi connectivity index (χ2v) is 4.70. The molecular formula is C14H20N2O3. The van der Waals surface area contributed by atoms with Gasteiger partial charge in [0.05, 0.1) is 6.10 Å². The number of hydrogen-bond acceptors (Lipinski definition) is 4. The minimum atomic E-state index is -0.472. The molecule has 19 heavy (non-hydrogen) atoms. The van der Waals surface area contributed by atoms with Gasteiger partial charge >= 0.3 is 0 Å². The van der Waals surface area contributed by atoms with Crippen molar-refractivity contribution in [3.8, 4) is 0 Å². The molecule has 0 saturated carbocycles. The molecule has 1 heterocycles. The Morgan fingerprint density at radius 3 is 2.63 bits per heavy atom. The van der Waals surface area contributed by atoms with Gasteiger partial charge in [0.1, 0.15) is 6.10 Å². The van der Waals surface area contributed by atoms with E-state index in [4.69, 9.17) is 15.2 Å². The summed E-state index contributed by atoms with van der Waals surface area (Å²) >= 11 is 0. The zero-order chi connectivity index (χ0) is 13.7. The van der Waals surface area contributed by atoms with Gasteiger partial charge in [0.15, 0.2) is 0 Å². The fraction of sp³-hybridized carbons (Fsp3) is 0.500. The topological polar surface area (TPSA) is 73.6 Å². The highest BCUT2D eigenvalue weighted by atomic mass is 16.5. The number of nitrogen functional groups attached to an aromatic ring is 1. The Balaban J connectivity index is 1.83. The van der Waals surface area contributed by atoms with Crippen LogP contribution in [0.5, 0.6) is 0 Å². The molecule has 1 aliphatic heterocycles. The summed E-state index contributed by atoms with van der Waals surface area (Å²) in [5.41, 5.74) is 6.99. The first-order chi connectivity index (χ1) is 9.15. The van der Waals surface area contributed by atoms with Gasteiger partial charge in [-0.05, 0) is 44.0 Å². The third-order valence-electron chi connectivity index (χ3n) is 3.11. The highest BCUT2D eigenvalue weighted by Crippen LogP contribution is 2.15. The molecule has 104 valence electrons. The average molecular weight is 264 g/mol. The smallest absolute Gasteiger partial charge is 0.253 e. The van der Waals surface area contributed by atoms with Gasteiger partial charge in [0, 0.05) is 24.6 Å². The first kappa shape index (κ1) is 13.8. The number of benzene rings is 1. The number of ether oxygens (including phenoxy) is 2. The molecule has 5 nitrogen and oxygen atoms in total. The standard InChI is InChI=1S/C14H20N2O3/c1-10(19-13-6-8-18-9-7-13)14(17)16-12-4-2-11(15)3-5-12/h2-5,10,13H,6-9,15H2,1H3,(H,16,17). The first-order valence-electron chi connectivity index (χ1n) is 6.55. The van der Waals surface area contributed by atoms with Crippen molar-refractivity contribution >= 4 is 17.3 Å². The second-order valence-electron chi connectivity index (χ2n) is 4.70. The molecule has 0 aromatic heterocycles. The van der Waals surface area contributed by atoms with Crippen molar-refractivity contribution in [2.45, 2.75) is 32.0 Å². The molecule has 5 heteroatoms. The lowest BCUT2D eigenvalue weighted by Crippen LogP contribution is -2.34. The van der Waals surface area contributed by atoms with Crippen molar-refractivity contribution in [2.24, 2.45) is 0 Å². The molecule has 1 saturated heterocycles. The van der Waals surface area contributed by atoms with E-state index in [-0.39, 0.29) is 12.0 Å². The quantitative estimate of drug-likeness (QED) is 0.813. The summed E-state index contributed by atoms with van der Waals surface area (Å²) in [7, 11) is 0. The maximum absolute atomic E-state index is 12.0. The van der Waals surface area contributed by atoms with Gasteiger partial charge in [-0.1, -0.05) is 0 Å². The van der Waals surface area contributed by atoms with Gasteiger partial charge in [-0.25, -0.2) is 0 Å². The van der Waals surface area contributed by atoms with Crippen LogP contribution in [0.1, 0.15) is 19.8 Å². The minimum absolute atomic E-state index is 0.112. The van der Waals surface area contributed by atoms with Gasteiger partial charge in [0.25, 0.3) is 5.91 Å². The second kappa shape index (κ2) is 6.54. The number of amides is 1. The van der Waals surface area contributed by atoms with Crippen molar-refractivity contribution < 1.29 is 14.3 Å². The van der Waals surface area contributed by atoms with E-state index in [0.717, 1.165) is 18.5 Å². The maximum atomic E-state index is 12.0. The molecule has 0 aliphatic carbocycles. The van der Waals surface area contributed by atoms with Crippen LogP contribution in [0.3, 0.4) is 0 Å². The summed E-state index contributed by atoms with van der Waals surface area (Å²) in [5.74, 6) is -0.142. The van der Waals surface area contributed by atoms with Crippen molar-refractivity contribution in [1.82, 2.24) is 0 Å². The van der Waals surface area contributed by atoms with Crippen LogP contribution in [-0.4, -0.2) is 31.3 Å². The zero-order valence-corrected chi connectivity index (χ0v) is 11.1. The van der Waals surface area contributed by atoms with Crippen molar-refractivity contribution in [1.29, 1.82) is 0 Å². The lowest BCUT2D eigenvalue weighted by atomic mass is 10.1. The SMILES string of the molecule is CC(OC1CCOCC1)C(=O)Nc1ccc(N)cc1. The Kier molecular flexibility index (Phi) is 4.76. The van der Waals surface area contributed by atoms with E-state index in [9.17, 15) is 4.79 Å². The lowest BCUT2D eigenvalue weighted by Gasteiger charge is -2.25. The number of nitrogens with one attached hydrogen (secondary N) is 1. The van der Waals surface area contributed by atoms with Gasteiger partial charge in [-0.15, -0.1) is 0 Å². The molecule has 0 bridgehead atoms. The fourth-order valence-corrected chi connectivity index (χ4v) is 1.97. The molecule has 3 N–H and O–H groups in total. The zero-order valence-electron chi connectivity index (χ0n) is 11.1. The highest BCUT2D eigenvalue weighted by Gasteiger charge is 2.21. The first-order valence-corrected chi connectivity index (χ1v) is 6.55. The molecule has 2 rings (SSSR count). The Morgan fingerprint density at radius 1 is 1.37 bits per heavy atom. The van der Waals surface area contributed by atoms with Gasteiger partial charge < -0.3 is 20.5 Å². The molecule has 1 aliphatic rings. The Bertz CT molecular complexity index is 413. The summed E-state index contributed by atoms with van der Waals surface area (Å²) in [4.78, 5) is 12.0. The van der Waals surface area contributed by atoms with Crippen LogP contribution in [-0.2, 0) is 14.3 Å². The number of carbonyl (C=O) groups is 1. The van der Waals surface area contributed by atoms with Crippen LogP contribution >= 0.6 is 0 Å². The maximum Gasteiger partial charge on any atom is 0.253 e. The van der Waals surface area contributed by atoms with Crippen molar-refractivity contribution in [3.05, 3.63) is 24.3 Å². The number of anilines is 2. The van der Waals surface area contributed by atoms with E-state index >= 15 is 0 Å². The molecule has 1 fully saturated rings. The van der Waals surface area contributed by atoms with Crippen molar-refractivity contribution in [3.63, 3.8) is 0 Å². The summed E-state index contributed by atoms with van der Waals surface area (Å²) in [6.45, 7) is 3.18. The third kappa shape index (κ3) is 4.22. The van der Waals surface area contributed by atoms with Crippen LogP contribution in [0.25, 0.3) is 0 Å².